The first-order valence-corrected chi connectivity index (χ1v) is 10.0. The van der Waals surface area contributed by atoms with E-state index in [4.69, 9.17) is 11.6 Å². The lowest BCUT2D eigenvalue weighted by Gasteiger charge is -2.43. The van der Waals surface area contributed by atoms with E-state index in [0.717, 1.165) is 22.3 Å². The van der Waals surface area contributed by atoms with Crippen molar-refractivity contribution in [1.82, 2.24) is 0 Å². The summed E-state index contributed by atoms with van der Waals surface area (Å²) in [6.45, 7) is 12.1. The average molecular weight is 432 g/mol. The number of aliphatic imine (C=N–C) groups is 1. The largest absolute Gasteiger partial charge is 0.363 e. The molecule has 0 aromatic heterocycles. The molecule has 1 aliphatic heterocycles. The Morgan fingerprint density at radius 2 is 1.92 bits per heavy atom. The molecule has 2 nitrogen and oxygen atoms in total. The molecule has 1 heterocycles. The molecule has 136 valence electrons. The van der Waals surface area contributed by atoms with Gasteiger partial charge in [0.15, 0.2) is 0 Å². The number of allylic oxidation sites excluding steroid dienone is 1. The maximum absolute atomic E-state index is 6.17. The fourth-order valence-corrected chi connectivity index (χ4v) is 4.09. The predicted octanol–water partition coefficient (Wildman–Crippen LogP) is 7.18. The third-order valence-corrected chi connectivity index (χ3v) is 6.17. The Hall–Kier alpha value is -1.58. The number of hydrogen-bond donors (Lipinski definition) is 0. The van der Waals surface area contributed by atoms with Gasteiger partial charge in [-0.3, -0.25) is 4.99 Å². The number of likely N-dealkylation sites (N-methyl/N-ethyl adjacent to an activating group) is 1. The van der Waals surface area contributed by atoms with Gasteiger partial charge in [-0.05, 0) is 97.6 Å². The highest BCUT2D eigenvalue weighted by Crippen LogP contribution is 2.40. The van der Waals surface area contributed by atoms with Crippen LogP contribution in [0.2, 0.25) is 5.02 Å². The molecule has 26 heavy (non-hydrogen) atoms. The van der Waals surface area contributed by atoms with Crippen molar-refractivity contribution in [2.75, 3.05) is 11.4 Å². The van der Waals surface area contributed by atoms with Crippen LogP contribution in [-0.4, -0.2) is 18.3 Å². The Labute approximate surface area is 169 Å². The van der Waals surface area contributed by atoms with Crippen molar-refractivity contribution in [2.45, 2.75) is 40.2 Å². The second kappa shape index (κ2) is 7.21. The van der Waals surface area contributed by atoms with Gasteiger partial charge in [-0.25, -0.2) is 0 Å². The van der Waals surface area contributed by atoms with Gasteiger partial charge < -0.3 is 4.90 Å². The van der Waals surface area contributed by atoms with Gasteiger partial charge in [0.2, 0.25) is 0 Å². The lowest BCUT2D eigenvalue weighted by Crippen LogP contribution is -2.45. The van der Waals surface area contributed by atoms with Gasteiger partial charge in [0.05, 0.1) is 16.2 Å². The summed E-state index contributed by atoms with van der Waals surface area (Å²) < 4.78 is 0.881. The van der Waals surface area contributed by atoms with Gasteiger partial charge in [0.25, 0.3) is 0 Å². The van der Waals surface area contributed by atoms with E-state index in [9.17, 15) is 0 Å². The standard InChI is InChI=1S/C22H24BrClN2/c1-6-26-21-9-14(2)16(10-18(21)15(3)12-22(26,4)5)13-25-17-7-8-19(23)20(24)11-17/h7-13H,6H2,1-5H3. The van der Waals surface area contributed by atoms with Gasteiger partial charge in [-0.2, -0.15) is 0 Å². The van der Waals surface area contributed by atoms with E-state index in [2.05, 4.69) is 78.6 Å². The lowest BCUT2D eigenvalue weighted by atomic mass is 9.87. The molecule has 0 spiro atoms. The molecular weight excluding hydrogens is 408 g/mol. The number of fused-ring (bicyclic) bond motifs is 1. The van der Waals surface area contributed by atoms with E-state index in [1.165, 1.54) is 22.4 Å². The van der Waals surface area contributed by atoms with Gasteiger partial charge in [0, 0.05) is 28.5 Å². The Morgan fingerprint density at radius 3 is 2.58 bits per heavy atom. The van der Waals surface area contributed by atoms with Gasteiger partial charge in [-0.15, -0.1) is 0 Å². The van der Waals surface area contributed by atoms with Crippen LogP contribution in [0.1, 0.15) is 44.4 Å². The average Bonchev–Trinajstić information content (AvgIpc) is 2.56. The Balaban J connectivity index is 2.02. The highest BCUT2D eigenvalue weighted by atomic mass is 79.9. The first kappa shape index (κ1) is 19.2. The third kappa shape index (κ3) is 3.60. The molecule has 0 unspecified atom stereocenters. The topological polar surface area (TPSA) is 15.6 Å². The Morgan fingerprint density at radius 1 is 1.19 bits per heavy atom. The van der Waals surface area contributed by atoms with E-state index in [1.54, 1.807) is 0 Å². The molecular formula is C22H24BrClN2. The van der Waals surface area contributed by atoms with Crippen molar-refractivity contribution in [2.24, 2.45) is 4.99 Å². The van der Waals surface area contributed by atoms with Crippen LogP contribution >= 0.6 is 27.5 Å². The van der Waals surface area contributed by atoms with Crippen LogP contribution in [0, 0.1) is 6.92 Å². The quantitative estimate of drug-likeness (QED) is 0.470. The van der Waals surface area contributed by atoms with Crippen molar-refractivity contribution in [3.05, 3.63) is 62.6 Å². The van der Waals surface area contributed by atoms with Crippen molar-refractivity contribution < 1.29 is 0 Å². The molecule has 0 bridgehead atoms. The fraction of sp³-hybridized carbons (Fsp3) is 0.318. The van der Waals surface area contributed by atoms with Crippen molar-refractivity contribution >= 4 is 50.7 Å². The number of anilines is 1. The summed E-state index contributed by atoms with van der Waals surface area (Å²) in [5.41, 5.74) is 7.13. The van der Waals surface area contributed by atoms with Gasteiger partial charge in [-0.1, -0.05) is 17.7 Å². The molecule has 0 saturated heterocycles. The minimum absolute atomic E-state index is 0.0298. The van der Waals surface area contributed by atoms with Gasteiger partial charge in [0.1, 0.15) is 0 Å². The fourth-order valence-electron chi connectivity index (χ4n) is 3.67. The number of aryl methyl sites for hydroxylation is 1. The molecule has 3 rings (SSSR count). The number of halogens is 2. The summed E-state index contributed by atoms with van der Waals surface area (Å²) in [4.78, 5) is 7.07. The summed E-state index contributed by atoms with van der Waals surface area (Å²) in [5, 5.41) is 0.668. The monoisotopic (exact) mass is 430 g/mol. The number of nitrogens with zero attached hydrogens (tertiary/aromatic N) is 2. The summed E-state index contributed by atoms with van der Waals surface area (Å²) in [5.74, 6) is 0. The SMILES string of the molecule is CCN1c2cc(C)c(C=Nc3ccc(Br)c(Cl)c3)cc2C(C)=CC1(C)C. The van der Waals surface area contributed by atoms with Crippen LogP contribution in [0.25, 0.3) is 5.57 Å². The predicted molar refractivity (Wildman–Crippen MR) is 118 cm³/mol. The molecule has 2 aromatic rings. The maximum atomic E-state index is 6.17. The summed E-state index contributed by atoms with van der Waals surface area (Å²) >= 11 is 9.58. The molecule has 0 fully saturated rings. The van der Waals surface area contributed by atoms with E-state index in [1.807, 2.05) is 24.4 Å². The summed E-state index contributed by atoms with van der Waals surface area (Å²) in [7, 11) is 0. The molecule has 0 saturated carbocycles. The third-order valence-electron chi connectivity index (χ3n) is 4.94. The maximum Gasteiger partial charge on any atom is 0.0645 e. The van der Waals surface area contributed by atoms with Crippen LogP contribution in [0.15, 0.2) is 45.9 Å². The molecule has 0 radical (unpaired) electrons. The number of hydrogen-bond acceptors (Lipinski definition) is 2. The second-order valence-electron chi connectivity index (χ2n) is 7.31. The highest BCUT2D eigenvalue weighted by molar-refractivity contribution is 9.10. The number of benzene rings is 2. The summed E-state index contributed by atoms with van der Waals surface area (Å²) in [6, 6.07) is 10.3. The lowest BCUT2D eigenvalue weighted by molar-refractivity contribution is 0.566. The first-order chi connectivity index (χ1) is 12.2. The van der Waals surface area contributed by atoms with E-state index in [-0.39, 0.29) is 5.54 Å². The van der Waals surface area contributed by atoms with Crippen LogP contribution in [0.5, 0.6) is 0 Å². The van der Waals surface area contributed by atoms with Crippen molar-refractivity contribution in [1.29, 1.82) is 0 Å². The minimum atomic E-state index is 0.0298. The molecule has 0 N–H and O–H groups in total. The van der Waals surface area contributed by atoms with Crippen LogP contribution in [0.3, 0.4) is 0 Å². The zero-order chi connectivity index (χ0) is 19.1. The van der Waals surface area contributed by atoms with Gasteiger partial charge >= 0.3 is 0 Å². The Kier molecular flexibility index (Phi) is 5.32. The molecule has 1 aliphatic rings. The molecule has 0 aliphatic carbocycles. The molecule has 4 heteroatoms. The normalized spacial score (nSPS) is 16.0. The van der Waals surface area contributed by atoms with E-state index in [0.29, 0.717) is 5.02 Å². The second-order valence-corrected chi connectivity index (χ2v) is 8.57. The minimum Gasteiger partial charge on any atom is -0.363 e. The molecule has 0 amide bonds. The highest BCUT2D eigenvalue weighted by Gasteiger charge is 2.30. The van der Waals surface area contributed by atoms with Crippen LogP contribution < -0.4 is 4.90 Å². The van der Waals surface area contributed by atoms with E-state index >= 15 is 0 Å². The zero-order valence-electron chi connectivity index (χ0n) is 15.9. The van der Waals surface area contributed by atoms with Crippen molar-refractivity contribution in [3.8, 4) is 0 Å². The van der Waals surface area contributed by atoms with E-state index < -0.39 is 0 Å². The van der Waals surface area contributed by atoms with Crippen LogP contribution in [-0.2, 0) is 0 Å². The first-order valence-electron chi connectivity index (χ1n) is 8.84. The summed E-state index contributed by atoms with van der Waals surface area (Å²) in [6.07, 6.45) is 4.28. The smallest absolute Gasteiger partial charge is 0.0645 e. The van der Waals surface area contributed by atoms with Crippen molar-refractivity contribution in [3.63, 3.8) is 0 Å². The number of rotatable bonds is 3. The van der Waals surface area contributed by atoms with Crippen LogP contribution in [0.4, 0.5) is 11.4 Å². The Bertz CT molecular complexity index is 913. The zero-order valence-corrected chi connectivity index (χ0v) is 18.2. The molecule has 2 aromatic carbocycles. The molecule has 0 atom stereocenters.